The number of carbonyl (C=O) groups is 2. The van der Waals surface area contributed by atoms with E-state index in [2.05, 4.69) is 22.6 Å². The molecular formula is C11H18INO3. The molecule has 1 rings (SSSR count). The predicted molar refractivity (Wildman–Crippen MR) is 69.6 cm³/mol. The van der Waals surface area contributed by atoms with Crippen molar-refractivity contribution < 1.29 is 14.3 Å². The highest BCUT2D eigenvalue weighted by molar-refractivity contribution is 14.1. The summed E-state index contributed by atoms with van der Waals surface area (Å²) in [5.41, 5.74) is 0. The number of nitrogens with zero attached hydrogens (tertiary/aromatic N) is 1. The minimum Gasteiger partial charge on any atom is -0.449 e. The minimum absolute atomic E-state index is 0.0911. The van der Waals surface area contributed by atoms with Crippen LogP contribution >= 0.6 is 22.6 Å². The van der Waals surface area contributed by atoms with E-state index in [0.29, 0.717) is 17.1 Å². The van der Waals surface area contributed by atoms with Gasteiger partial charge in [0.15, 0.2) is 0 Å². The molecule has 1 saturated heterocycles. The number of likely N-dealkylation sites (tertiary alicyclic amines) is 1. The van der Waals surface area contributed by atoms with Gasteiger partial charge in [0.05, 0.1) is 6.61 Å². The molecule has 16 heavy (non-hydrogen) atoms. The summed E-state index contributed by atoms with van der Waals surface area (Å²) in [4.78, 5) is 24.8. The molecule has 4 nitrogen and oxygen atoms in total. The van der Waals surface area contributed by atoms with Crippen molar-refractivity contribution in [1.29, 1.82) is 0 Å². The molecular weight excluding hydrogens is 321 g/mol. The average molecular weight is 339 g/mol. The topological polar surface area (TPSA) is 46.6 Å². The third-order valence-corrected chi connectivity index (χ3v) is 3.82. The standard InChI is InChI=1S/C11H18INO3/c1-3-16-11(15)13-6-4-5-9(12)7-8(2)10(13)14/h8-9H,3-7H2,1-2H3/t8-,9+/m1/s1. The highest BCUT2D eigenvalue weighted by Gasteiger charge is 2.30. The third-order valence-electron chi connectivity index (χ3n) is 2.68. The number of halogens is 1. The average Bonchev–Trinajstić information content (AvgIpc) is 2.22. The molecule has 0 N–H and O–H groups in total. The van der Waals surface area contributed by atoms with Crippen LogP contribution in [0.15, 0.2) is 0 Å². The molecule has 0 spiro atoms. The Bertz CT molecular complexity index is 270. The van der Waals surface area contributed by atoms with Crippen LogP contribution in [0.1, 0.15) is 33.1 Å². The van der Waals surface area contributed by atoms with Crippen molar-refractivity contribution in [2.24, 2.45) is 5.92 Å². The minimum atomic E-state index is -0.494. The second kappa shape index (κ2) is 6.42. The van der Waals surface area contributed by atoms with E-state index in [9.17, 15) is 9.59 Å². The zero-order valence-corrected chi connectivity index (χ0v) is 11.9. The van der Waals surface area contributed by atoms with Crippen LogP contribution in [0.2, 0.25) is 0 Å². The lowest BCUT2D eigenvalue weighted by Gasteiger charge is -2.27. The van der Waals surface area contributed by atoms with E-state index in [1.807, 2.05) is 6.92 Å². The fourth-order valence-electron chi connectivity index (χ4n) is 1.83. The lowest BCUT2D eigenvalue weighted by atomic mass is 9.99. The number of carbonyl (C=O) groups excluding carboxylic acids is 2. The monoisotopic (exact) mass is 339 g/mol. The second-order valence-corrected chi connectivity index (χ2v) is 5.83. The molecule has 0 radical (unpaired) electrons. The first-order valence-electron chi connectivity index (χ1n) is 5.68. The van der Waals surface area contributed by atoms with Gasteiger partial charge in [0, 0.05) is 16.4 Å². The Morgan fingerprint density at radius 2 is 2.31 bits per heavy atom. The number of alkyl halides is 1. The lowest BCUT2D eigenvalue weighted by Crippen LogP contribution is -2.43. The van der Waals surface area contributed by atoms with Gasteiger partial charge in [-0.1, -0.05) is 29.5 Å². The van der Waals surface area contributed by atoms with Crippen molar-refractivity contribution >= 4 is 34.6 Å². The first-order chi connectivity index (χ1) is 7.56. The molecule has 0 aromatic heterocycles. The number of hydrogen-bond acceptors (Lipinski definition) is 3. The molecule has 1 fully saturated rings. The van der Waals surface area contributed by atoms with Gasteiger partial charge in [0.1, 0.15) is 0 Å². The summed E-state index contributed by atoms with van der Waals surface area (Å²) in [5.74, 6) is -0.188. The molecule has 1 aliphatic rings. The summed E-state index contributed by atoms with van der Waals surface area (Å²) in [6.07, 6.45) is 2.26. The molecule has 1 aliphatic heterocycles. The van der Waals surface area contributed by atoms with E-state index < -0.39 is 6.09 Å². The van der Waals surface area contributed by atoms with Crippen molar-refractivity contribution in [2.45, 2.75) is 37.0 Å². The Morgan fingerprint density at radius 3 is 2.94 bits per heavy atom. The molecule has 0 aliphatic carbocycles. The first kappa shape index (κ1) is 13.7. The van der Waals surface area contributed by atoms with Crippen LogP contribution < -0.4 is 0 Å². The Morgan fingerprint density at radius 1 is 1.62 bits per heavy atom. The van der Waals surface area contributed by atoms with Crippen LogP contribution in [-0.4, -0.2) is 34.0 Å². The maximum Gasteiger partial charge on any atom is 0.416 e. The van der Waals surface area contributed by atoms with E-state index in [1.54, 1.807) is 6.92 Å². The van der Waals surface area contributed by atoms with Crippen LogP contribution in [0, 0.1) is 5.92 Å². The SMILES string of the molecule is CCOC(=O)N1CCC[C@H](I)C[C@@H](C)C1=O. The van der Waals surface area contributed by atoms with Crippen LogP contribution in [-0.2, 0) is 9.53 Å². The molecule has 92 valence electrons. The first-order valence-corrected chi connectivity index (χ1v) is 6.93. The number of amides is 2. The van der Waals surface area contributed by atoms with E-state index in [-0.39, 0.29) is 11.8 Å². The zero-order chi connectivity index (χ0) is 12.1. The molecule has 0 bridgehead atoms. The normalized spacial score (nSPS) is 27.2. The Labute approximate surface area is 110 Å². The smallest absolute Gasteiger partial charge is 0.416 e. The van der Waals surface area contributed by atoms with Gasteiger partial charge in [-0.25, -0.2) is 9.69 Å². The summed E-state index contributed by atoms with van der Waals surface area (Å²) < 4.78 is 5.42. The van der Waals surface area contributed by atoms with Crippen molar-refractivity contribution in [2.75, 3.05) is 13.2 Å². The highest BCUT2D eigenvalue weighted by Crippen LogP contribution is 2.23. The molecule has 2 amide bonds. The maximum absolute atomic E-state index is 12.0. The van der Waals surface area contributed by atoms with Crippen LogP contribution in [0.3, 0.4) is 0 Å². The number of hydrogen-bond donors (Lipinski definition) is 0. The van der Waals surface area contributed by atoms with Crippen molar-refractivity contribution in [3.8, 4) is 0 Å². The fourth-order valence-corrected chi connectivity index (χ4v) is 3.04. The van der Waals surface area contributed by atoms with Crippen molar-refractivity contribution in [3.05, 3.63) is 0 Å². The van der Waals surface area contributed by atoms with Crippen molar-refractivity contribution in [1.82, 2.24) is 4.90 Å². The van der Waals surface area contributed by atoms with E-state index >= 15 is 0 Å². The van der Waals surface area contributed by atoms with Crippen molar-refractivity contribution in [3.63, 3.8) is 0 Å². The van der Waals surface area contributed by atoms with Gasteiger partial charge in [0.2, 0.25) is 5.91 Å². The quantitative estimate of drug-likeness (QED) is 0.545. The van der Waals surface area contributed by atoms with Crippen LogP contribution in [0.4, 0.5) is 4.79 Å². The number of ether oxygens (including phenoxy) is 1. The van der Waals surface area contributed by atoms with Gasteiger partial charge in [-0.15, -0.1) is 0 Å². The van der Waals surface area contributed by atoms with Gasteiger partial charge in [-0.2, -0.15) is 0 Å². The summed E-state index contributed by atoms with van der Waals surface area (Å²) in [6.45, 7) is 4.43. The molecule has 0 aromatic carbocycles. The number of imide groups is 1. The van der Waals surface area contributed by atoms with Crippen LogP contribution in [0.25, 0.3) is 0 Å². The summed E-state index contributed by atoms with van der Waals surface area (Å²) in [5, 5.41) is 0. The molecule has 0 aromatic rings. The largest absolute Gasteiger partial charge is 0.449 e. The molecule has 0 saturated carbocycles. The van der Waals surface area contributed by atoms with Gasteiger partial charge >= 0.3 is 6.09 Å². The number of rotatable bonds is 1. The molecule has 5 heteroatoms. The van der Waals surface area contributed by atoms with Gasteiger partial charge in [-0.3, -0.25) is 4.79 Å². The maximum atomic E-state index is 12.0. The summed E-state index contributed by atoms with van der Waals surface area (Å²) >= 11 is 2.38. The second-order valence-electron chi connectivity index (χ2n) is 4.07. The summed E-state index contributed by atoms with van der Waals surface area (Å²) in [7, 11) is 0. The Balaban J connectivity index is 2.68. The third kappa shape index (κ3) is 3.61. The molecule has 0 unspecified atom stereocenters. The predicted octanol–water partition coefficient (Wildman–Crippen LogP) is 2.60. The van der Waals surface area contributed by atoms with E-state index in [0.717, 1.165) is 19.3 Å². The molecule has 1 heterocycles. The fraction of sp³-hybridized carbons (Fsp3) is 0.818. The summed E-state index contributed by atoms with van der Waals surface area (Å²) in [6, 6.07) is 0. The van der Waals surface area contributed by atoms with Gasteiger partial charge in [0.25, 0.3) is 0 Å². The van der Waals surface area contributed by atoms with Gasteiger partial charge < -0.3 is 4.74 Å². The lowest BCUT2D eigenvalue weighted by molar-refractivity contribution is -0.133. The zero-order valence-electron chi connectivity index (χ0n) is 9.74. The Hall–Kier alpha value is -0.330. The highest BCUT2D eigenvalue weighted by atomic mass is 127. The van der Waals surface area contributed by atoms with E-state index in [4.69, 9.17) is 4.74 Å². The molecule has 2 atom stereocenters. The van der Waals surface area contributed by atoms with Crippen LogP contribution in [0.5, 0.6) is 0 Å². The Kier molecular flexibility index (Phi) is 5.51. The van der Waals surface area contributed by atoms with E-state index in [1.165, 1.54) is 4.90 Å². The van der Waals surface area contributed by atoms with Gasteiger partial charge in [-0.05, 0) is 26.2 Å².